The maximum Gasteiger partial charge on any atom is 0.260 e. The molecule has 0 spiro atoms. The van der Waals surface area contributed by atoms with Gasteiger partial charge >= 0.3 is 0 Å². The summed E-state index contributed by atoms with van der Waals surface area (Å²) in [6, 6.07) is 10.5. The Morgan fingerprint density at radius 3 is 2.03 bits per heavy atom. The van der Waals surface area contributed by atoms with Crippen LogP contribution in [0, 0.1) is 0 Å². The van der Waals surface area contributed by atoms with Gasteiger partial charge in [-0.1, -0.05) is 25.2 Å². The lowest BCUT2D eigenvalue weighted by Crippen LogP contribution is -2.38. The van der Waals surface area contributed by atoms with Gasteiger partial charge < -0.3 is 4.90 Å². The van der Waals surface area contributed by atoms with Gasteiger partial charge in [0.2, 0.25) is 10.0 Å². The highest BCUT2D eigenvalue weighted by Crippen LogP contribution is 2.31. The van der Waals surface area contributed by atoms with Gasteiger partial charge in [-0.3, -0.25) is 9.69 Å². The second kappa shape index (κ2) is 12.0. The van der Waals surface area contributed by atoms with E-state index in [4.69, 9.17) is 0 Å². The van der Waals surface area contributed by atoms with Gasteiger partial charge in [-0.25, -0.2) is 26.1 Å². The highest BCUT2D eigenvalue weighted by molar-refractivity contribution is 7.90. The third-order valence-corrected chi connectivity index (χ3v) is 9.65. The normalized spacial score (nSPS) is 12.2. The lowest BCUT2D eigenvalue weighted by molar-refractivity contribution is 0.0983. The van der Waals surface area contributed by atoms with Crippen LogP contribution in [0.1, 0.15) is 24.2 Å². The predicted molar refractivity (Wildman–Crippen MR) is 147 cm³/mol. The quantitative estimate of drug-likeness (QED) is 0.365. The number of hydrogen-bond donors (Lipinski definition) is 0. The van der Waals surface area contributed by atoms with Crippen LogP contribution >= 0.6 is 23.7 Å². The number of nitrogens with zero attached hydrogens (tertiary/aromatic N) is 4. The number of fused-ring (bicyclic) bond motifs is 1. The van der Waals surface area contributed by atoms with Crippen LogP contribution in [0.4, 0.5) is 5.13 Å². The van der Waals surface area contributed by atoms with E-state index in [0.29, 0.717) is 34.0 Å². The SMILES string of the molecule is CCN(CC)CCN(C(=O)c1ccc(S(=O)(=O)N(C)C)cc1)c1nc2ccc(S(C)(=O)=O)cc2s1.Cl. The summed E-state index contributed by atoms with van der Waals surface area (Å²) in [7, 11) is -4.09. The van der Waals surface area contributed by atoms with Crippen LogP contribution in [0.25, 0.3) is 10.2 Å². The van der Waals surface area contributed by atoms with Crippen LogP contribution in [-0.4, -0.2) is 83.5 Å². The Bertz CT molecular complexity index is 1420. The first kappa shape index (κ1) is 30.1. The van der Waals surface area contributed by atoms with Crippen molar-refractivity contribution in [2.24, 2.45) is 0 Å². The summed E-state index contributed by atoms with van der Waals surface area (Å²) in [4.78, 5) is 22.2. The largest absolute Gasteiger partial charge is 0.302 e. The van der Waals surface area contributed by atoms with E-state index in [9.17, 15) is 21.6 Å². The molecule has 2 aromatic carbocycles. The maximum absolute atomic E-state index is 13.6. The lowest BCUT2D eigenvalue weighted by atomic mass is 10.2. The number of carbonyl (C=O) groups is 1. The summed E-state index contributed by atoms with van der Waals surface area (Å²) >= 11 is 1.25. The second-order valence-corrected chi connectivity index (χ2v) is 13.4. The zero-order valence-electron chi connectivity index (χ0n) is 20.8. The number of sulfone groups is 1. The lowest BCUT2D eigenvalue weighted by Gasteiger charge is -2.24. The van der Waals surface area contributed by atoms with Crippen LogP contribution in [0.15, 0.2) is 52.3 Å². The summed E-state index contributed by atoms with van der Waals surface area (Å²) < 4.78 is 50.5. The number of amides is 1. The standard InChI is InChI=1S/C23H30N4O5S3.ClH/c1-6-26(7-2)14-15-27(22(28)17-8-10-18(11-9-17)35(31,32)25(3)4)23-24-20-13-12-19(34(5,29)30)16-21(20)33-23;/h8-13,16H,6-7,14-15H2,1-5H3;1H. The molecule has 13 heteroatoms. The van der Waals surface area contributed by atoms with Crippen molar-refractivity contribution in [3.63, 3.8) is 0 Å². The van der Waals surface area contributed by atoms with Gasteiger partial charge in [0, 0.05) is 39.0 Å². The van der Waals surface area contributed by atoms with Gasteiger partial charge in [-0.2, -0.15) is 0 Å². The van der Waals surface area contributed by atoms with Crippen LogP contribution in [0.5, 0.6) is 0 Å². The monoisotopic (exact) mass is 574 g/mol. The van der Waals surface area contributed by atoms with E-state index in [1.165, 1.54) is 55.8 Å². The third-order valence-electron chi connectivity index (χ3n) is 5.67. The fourth-order valence-electron chi connectivity index (χ4n) is 3.44. The number of likely N-dealkylation sites (N-methyl/N-ethyl adjacent to an activating group) is 1. The highest BCUT2D eigenvalue weighted by atomic mass is 35.5. The molecule has 1 amide bonds. The molecule has 9 nitrogen and oxygen atoms in total. The molecule has 0 radical (unpaired) electrons. The molecule has 0 saturated heterocycles. The number of anilines is 1. The minimum Gasteiger partial charge on any atom is -0.302 e. The summed E-state index contributed by atoms with van der Waals surface area (Å²) in [5.74, 6) is -0.312. The molecule has 0 fully saturated rings. The van der Waals surface area contributed by atoms with Crippen LogP contribution < -0.4 is 4.90 Å². The summed E-state index contributed by atoms with van der Waals surface area (Å²) in [5, 5.41) is 0.452. The van der Waals surface area contributed by atoms with Crippen molar-refractivity contribution in [3.8, 4) is 0 Å². The number of rotatable bonds is 10. The van der Waals surface area contributed by atoms with Gasteiger partial charge in [-0.15, -0.1) is 12.4 Å². The molecule has 3 aromatic rings. The molecule has 0 saturated carbocycles. The van der Waals surface area contributed by atoms with E-state index < -0.39 is 19.9 Å². The van der Waals surface area contributed by atoms with E-state index >= 15 is 0 Å². The fraction of sp³-hybridized carbons (Fsp3) is 0.391. The number of halogens is 1. The molecule has 0 aliphatic carbocycles. The number of sulfonamides is 1. The first-order chi connectivity index (χ1) is 16.4. The average Bonchev–Trinajstić information content (AvgIpc) is 3.24. The van der Waals surface area contributed by atoms with E-state index in [2.05, 4.69) is 9.88 Å². The van der Waals surface area contributed by atoms with Crippen molar-refractivity contribution in [3.05, 3.63) is 48.0 Å². The Kier molecular flexibility index (Phi) is 10.0. The molecule has 0 aliphatic rings. The van der Waals surface area contributed by atoms with Crippen molar-refractivity contribution in [2.75, 3.05) is 51.4 Å². The minimum atomic E-state index is -3.61. The summed E-state index contributed by atoms with van der Waals surface area (Å²) in [6.45, 7) is 6.74. The van der Waals surface area contributed by atoms with Crippen LogP contribution in [-0.2, 0) is 19.9 Å². The first-order valence-corrected chi connectivity index (χ1v) is 15.2. The van der Waals surface area contributed by atoms with Gasteiger partial charge in [0.15, 0.2) is 15.0 Å². The third kappa shape index (κ3) is 6.61. The second-order valence-electron chi connectivity index (χ2n) is 8.19. The van der Waals surface area contributed by atoms with Gasteiger partial charge in [-0.05, 0) is 55.6 Å². The summed E-state index contributed by atoms with van der Waals surface area (Å²) in [6.07, 6.45) is 1.15. The molecular formula is C23H31ClN4O5S3. The Hall–Kier alpha value is -2.09. The number of thiazole rings is 1. The molecule has 0 unspecified atom stereocenters. The maximum atomic E-state index is 13.6. The Morgan fingerprint density at radius 2 is 1.50 bits per heavy atom. The zero-order chi connectivity index (χ0) is 26.0. The molecule has 1 heterocycles. The number of hydrogen-bond acceptors (Lipinski definition) is 8. The van der Waals surface area contributed by atoms with Crippen molar-refractivity contribution in [1.82, 2.24) is 14.2 Å². The molecule has 1 aromatic heterocycles. The molecule has 0 bridgehead atoms. The summed E-state index contributed by atoms with van der Waals surface area (Å²) in [5.41, 5.74) is 0.934. The molecule has 3 rings (SSSR count). The van der Waals surface area contributed by atoms with Gasteiger partial charge in [0.1, 0.15) is 0 Å². The number of benzene rings is 2. The minimum absolute atomic E-state index is 0. The Balaban J connectivity index is 0.00000456. The van der Waals surface area contributed by atoms with Gasteiger partial charge in [0.05, 0.1) is 20.0 Å². The van der Waals surface area contributed by atoms with Gasteiger partial charge in [0.25, 0.3) is 5.91 Å². The number of carbonyl (C=O) groups excluding carboxylic acids is 1. The van der Waals surface area contributed by atoms with Crippen molar-refractivity contribution in [2.45, 2.75) is 23.6 Å². The van der Waals surface area contributed by atoms with E-state index in [0.717, 1.165) is 23.7 Å². The van der Waals surface area contributed by atoms with Crippen molar-refractivity contribution >= 4 is 64.9 Å². The predicted octanol–water partition coefficient (Wildman–Crippen LogP) is 3.36. The molecule has 0 aliphatic heterocycles. The Morgan fingerprint density at radius 1 is 0.917 bits per heavy atom. The van der Waals surface area contributed by atoms with E-state index in [-0.39, 0.29) is 28.1 Å². The molecule has 0 N–H and O–H groups in total. The highest BCUT2D eigenvalue weighted by Gasteiger charge is 2.24. The van der Waals surface area contributed by atoms with E-state index in [1.807, 2.05) is 13.8 Å². The molecule has 36 heavy (non-hydrogen) atoms. The smallest absolute Gasteiger partial charge is 0.260 e. The van der Waals surface area contributed by atoms with Crippen molar-refractivity contribution < 1.29 is 21.6 Å². The zero-order valence-corrected chi connectivity index (χ0v) is 24.1. The number of aromatic nitrogens is 1. The average molecular weight is 575 g/mol. The van der Waals surface area contributed by atoms with E-state index in [1.54, 1.807) is 17.0 Å². The van der Waals surface area contributed by atoms with Crippen LogP contribution in [0.3, 0.4) is 0 Å². The Labute approximate surface area is 223 Å². The van der Waals surface area contributed by atoms with Crippen LogP contribution in [0.2, 0.25) is 0 Å². The fourth-order valence-corrected chi connectivity index (χ4v) is 6.09. The topological polar surface area (TPSA) is 108 Å². The molecule has 0 atom stereocenters. The van der Waals surface area contributed by atoms with Crippen molar-refractivity contribution in [1.29, 1.82) is 0 Å². The molecule has 198 valence electrons. The first-order valence-electron chi connectivity index (χ1n) is 11.1. The molecular weight excluding hydrogens is 544 g/mol.